The van der Waals surface area contributed by atoms with E-state index in [9.17, 15) is 14.9 Å². The monoisotopic (exact) mass is 332 g/mol. The predicted octanol–water partition coefficient (Wildman–Crippen LogP) is 1.85. The van der Waals surface area contributed by atoms with Gasteiger partial charge < -0.3 is 15.1 Å². The summed E-state index contributed by atoms with van der Waals surface area (Å²) >= 11 is 5.87. The minimum absolute atomic E-state index is 0.0150. The fraction of sp³-hybridized carbons (Fsp3) is 0.312. The van der Waals surface area contributed by atoms with Crippen molar-refractivity contribution >= 4 is 29.1 Å². The van der Waals surface area contributed by atoms with Gasteiger partial charge in [-0.25, -0.2) is 0 Å². The van der Waals surface area contributed by atoms with E-state index in [0.29, 0.717) is 36.9 Å². The van der Waals surface area contributed by atoms with Crippen molar-refractivity contribution in [2.45, 2.75) is 6.92 Å². The van der Waals surface area contributed by atoms with Gasteiger partial charge in [0.25, 0.3) is 5.91 Å². The fourth-order valence-electron chi connectivity index (χ4n) is 2.25. The molecule has 0 aliphatic carbocycles. The zero-order chi connectivity index (χ0) is 16.8. The summed E-state index contributed by atoms with van der Waals surface area (Å²) in [6.45, 7) is 3.88. The smallest absolute Gasteiger partial charge is 0.267 e. The summed E-state index contributed by atoms with van der Waals surface area (Å²) in [4.78, 5) is 27.1. The number of halogens is 1. The van der Waals surface area contributed by atoms with Crippen LogP contribution in [-0.2, 0) is 9.59 Å². The van der Waals surface area contributed by atoms with Crippen LogP contribution in [0.15, 0.2) is 36.0 Å². The molecule has 1 saturated heterocycles. The summed E-state index contributed by atoms with van der Waals surface area (Å²) < 4.78 is 0. The minimum Gasteiger partial charge on any atom is -0.373 e. The molecule has 0 aromatic heterocycles. The lowest BCUT2D eigenvalue weighted by Gasteiger charge is -2.33. The van der Waals surface area contributed by atoms with Crippen molar-refractivity contribution in [3.05, 3.63) is 41.1 Å². The number of nitriles is 1. The highest BCUT2D eigenvalue weighted by molar-refractivity contribution is 6.31. The first kappa shape index (κ1) is 16.8. The Bertz CT molecular complexity index is 673. The summed E-state index contributed by atoms with van der Waals surface area (Å²) in [7, 11) is 0. The Labute approximate surface area is 139 Å². The van der Waals surface area contributed by atoms with E-state index in [0.717, 1.165) is 0 Å². The van der Waals surface area contributed by atoms with Crippen LogP contribution in [0.5, 0.6) is 0 Å². The zero-order valence-corrected chi connectivity index (χ0v) is 13.5. The van der Waals surface area contributed by atoms with Crippen LogP contribution in [0.1, 0.15) is 6.92 Å². The number of anilines is 1. The zero-order valence-electron chi connectivity index (χ0n) is 12.8. The van der Waals surface area contributed by atoms with E-state index >= 15 is 0 Å². The molecule has 0 radical (unpaired) electrons. The molecule has 1 N–H and O–H groups in total. The molecule has 120 valence electrons. The van der Waals surface area contributed by atoms with Crippen molar-refractivity contribution in [2.24, 2.45) is 0 Å². The Kier molecular flexibility index (Phi) is 5.61. The maximum atomic E-state index is 12.2. The van der Waals surface area contributed by atoms with Gasteiger partial charge in [-0.1, -0.05) is 17.7 Å². The van der Waals surface area contributed by atoms with Crippen LogP contribution in [0, 0.1) is 11.3 Å². The van der Waals surface area contributed by atoms with Gasteiger partial charge in [-0.3, -0.25) is 9.59 Å². The number of carbonyl (C=O) groups is 2. The molecule has 0 saturated carbocycles. The molecule has 1 fully saturated rings. The number of benzene rings is 1. The second-order valence-electron chi connectivity index (χ2n) is 5.16. The lowest BCUT2D eigenvalue weighted by molar-refractivity contribution is -0.130. The molecule has 0 atom stereocenters. The lowest BCUT2D eigenvalue weighted by atomic mass is 10.2. The van der Waals surface area contributed by atoms with Crippen molar-refractivity contribution in [3.63, 3.8) is 0 Å². The maximum absolute atomic E-state index is 12.2. The van der Waals surface area contributed by atoms with Gasteiger partial charge in [0, 0.05) is 50.0 Å². The summed E-state index contributed by atoms with van der Waals surface area (Å²) in [5.74, 6) is -0.448. The topological polar surface area (TPSA) is 76.4 Å². The fourth-order valence-corrected chi connectivity index (χ4v) is 2.44. The van der Waals surface area contributed by atoms with E-state index in [4.69, 9.17) is 11.6 Å². The molecule has 1 aliphatic heterocycles. The number of nitrogens with zero attached hydrogens (tertiary/aromatic N) is 3. The third-order valence-corrected chi connectivity index (χ3v) is 3.75. The normalized spacial score (nSPS) is 15.1. The third-order valence-electron chi connectivity index (χ3n) is 3.52. The number of piperazine rings is 1. The average molecular weight is 333 g/mol. The lowest BCUT2D eigenvalue weighted by Crippen LogP contribution is -2.46. The van der Waals surface area contributed by atoms with Crippen molar-refractivity contribution in [1.29, 1.82) is 5.26 Å². The van der Waals surface area contributed by atoms with Crippen LogP contribution in [0.3, 0.4) is 0 Å². The van der Waals surface area contributed by atoms with E-state index in [-0.39, 0.29) is 11.5 Å². The highest BCUT2D eigenvalue weighted by Crippen LogP contribution is 2.16. The second kappa shape index (κ2) is 7.65. The second-order valence-corrected chi connectivity index (χ2v) is 5.60. The van der Waals surface area contributed by atoms with Crippen LogP contribution < -0.4 is 5.32 Å². The quantitative estimate of drug-likeness (QED) is 0.677. The van der Waals surface area contributed by atoms with Crippen molar-refractivity contribution in [1.82, 2.24) is 9.80 Å². The number of nitrogens with one attached hydrogen (secondary N) is 1. The standard InChI is InChI=1S/C16H17ClN4O2/c1-12(22)21-7-5-20(6-8-21)11-13(10-18)16(23)19-15-4-2-3-14(17)9-15/h2-4,9,11H,5-8H2,1H3,(H,19,23)/b13-11-. The van der Waals surface area contributed by atoms with Gasteiger partial charge in [0.05, 0.1) is 0 Å². The molecule has 0 unspecified atom stereocenters. The van der Waals surface area contributed by atoms with Crippen LogP contribution in [0.4, 0.5) is 5.69 Å². The largest absolute Gasteiger partial charge is 0.373 e. The van der Waals surface area contributed by atoms with Crippen LogP contribution in [0.2, 0.25) is 5.02 Å². The number of hydrogen-bond donors (Lipinski definition) is 1. The first-order chi connectivity index (χ1) is 11.0. The number of hydrogen-bond acceptors (Lipinski definition) is 4. The maximum Gasteiger partial charge on any atom is 0.267 e. The van der Waals surface area contributed by atoms with E-state index in [2.05, 4.69) is 5.32 Å². The molecule has 1 aliphatic rings. The van der Waals surface area contributed by atoms with Gasteiger partial charge >= 0.3 is 0 Å². The highest BCUT2D eigenvalue weighted by atomic mass is 35.5. The molecule has 7 heteroatoms. The van der Waals surface area contributed by atoms with E-state index in [1.807, 2.05) is 11.0 Å². The Morgan fingerprint density at radius 3 is 2.57 bits per heavy atom. The molecule has 23 heavy (non-hydrogen) atoms. The first-order valence-corrected chi connectivity index (χ1v) is 7.56. The van der Waals surface area contributed by atoms with Crippen molar-refractivity contribution in [3.8, 4) is 6.07 Å². The van der Waals surface area contributed by atoms with Gasteiger partial charge in [-0.15, -0.1) is 0 Å². The molecule has 2 amide bonds. The van der Waals surface area contributed by atoms with Crippen molar-refractivity contribution in [2.75, 3.05) is 31.5 Å². The van der Waals surface area contributed by atoms with Crippen LogP contribution in [-0.4, -0.2) is 47.8 Å². The summed E-state index contributed by atoms with van der Waals surface area (Å²) in [5, 5.41) is 12.4. The Morgan fingerprint density at radius 2 is 2.00 bits per heavy atom. The predicted molar refractivity (Wildman–Crippen MR) is 87.6 cm³/mol. The van der Waals surface area contributed by atoms with Gasteiger partial charge in [0.15, 0.2) is 0 Å². The molecule has 0 bridgehead atoms. The van der Waals surface area contributed by atoms with Gasteiger partial charge in [0.1, 0.15) is 11.6 Å². The van der Waals surface area contributed by atoms with Gasteiger partial charge in [-0.2, -0.15) is 5.26 Å². The minimum atomic E-state index is -0.483. The van der Waals surface area contributed by atoms with Gasteiger partial charge in [0.2, 0.25) is 5.91 Å². The number of rotatable bonds is 3. The Balaban J connectivity index is 2.00. The highest BCUT2D eigenvalue weighted by Gasteiger charge is 2.18. The van der Waals surface area contributed by atoms with Crippen molar-refractivity contribution < 1.29 is 9.59 Å². The molecular formula is C16H17ClN4O2. The van der Waals surface area contributed by atoms with Crippen LogP contribution >= 0.6 is 11.6 Å². The molecule has 1 heterocycles. The number of carbonyl (C=O) groups excluding carboxylic acids is 2. The molecule has 2 rings (SSSR count). The number of amides is 2. The van der Waals surface area contributed by atoms with E-state index < -0.39 is 5.91 Å². The third kappa shape index (κ3) is 4.73. The first-order valence-electron chi connectivity index (χ1n) is 7.18. The molecule has 0 spiro atoms. The molecule has 1 aromatic rings. The Hall–Kier alpha value is -2.52. The van der Waals surface area contributed by atoms with Gasteiger partial charge in [-0.05, 0) is 18.2 Å². The summed E-state index contributed by atoms with van der Waals surface area (Å²) in [6, 6.07) is 8.64. The molecular weight excluding hydrogens is 316 g/mol. The summed E-state index contributed by atoms with van der Waals surface area (Å²) in [6.07, 6.45) is 1.54. The van der Waals surface area contributed by atoms with E-state index in [1.165, 1.54) is 13.1 Å². The molecule has 6 nitrogen and oxygen atoms in total. The van der Waals surface area contributed by atoms with Crippen LogP contribution in [0.25, 0.3) is 0 Å². The molecule has 1 aromatic carbocycles. The SMILES string of the molecule is CC(=O)N1CCN(/C=C(/C#N)C(=O)Nc2cccc(Cl)c2)CC1. The Morgan fingerprint density at radius 1 is 1.30 bits per heavy atom. The average Bonchev–Trinajstić information content (AvgIpc) is 2.53. The van der Waals surface area contributed by atoms with E-state index in [1.54, 1.807) is 29.2 Å². The summed E-state index contributed by atoms with van der Waals surface area (Å²) in [5.41, 5.74) is 0.547.